The van der Waals surface area contributed by atoms with Crippen LogP contribution < -0.4 is 5.73 Å². The molecule has 20 heavy (non-hydrogen) atoms. The van der Waals surface area contributed by atoms with E-state index in [1.54, 1.807) is 0 Å². The Kier molecular flexibility index (Phi) is 3.37. The summed E-state index contributed by atoms with van der Waals surface area (Å²) in [5.41, 5.74) is 6.60. The van der Waals surface area contributed by atoms with Crippen LogP contribution in [0.25, 0.3) is 0 Å². The lowest BCUT2D eigenvalue weighted by atomic mass is 10.2. The van der Waals surface area contributed by atoms with Crippen molar-refractivity contribution in [2.45, 2.75) is 32.0 Å². The second kappa shape index (κ2) is 5.32. The Hall–Kier alpha value is -2.37. The van der Waals surface area contributed by atoms with Gasteiger partial charge in [-0.2, -0.15) is 0 Å². The zero-order valence-corrected chi connectivity index (χ0v) is 11.1. The molecule has 2 N–H and O–H groups in total. The number of benzene rings is 1. The van der Waals surface area contributed by atoms with Gasteiger partial charge in [0.2, 0.25) is 11.9 Å². The third-order valence-corrected chi connectivity index (χ3v) is 3.36. The summed E-state index contributed by atoms with van der Waals surface area (Å²) in [7, 11) is 0. The van der Waals surface area contributed by atoms with E-state index < -0.39 is 0 Å². The van der Waals surface area contributed by atoms with Crippen molar-refractivity contribution < 1.29 is 4.79 Å². The standard InChI is InChI=1S/C14H17N5O/c15-14-16-10-18(17-14)9-13(20)19(12-6-7-12)8-11-4-2-1-3-5-11/h1-5,10,12H,6-9H2,(H2,15,17). The summed E-state index contributed by atoms with van der Waals surface area (Å²) in [4.78, 5) is 18.2. The maximum Gasteiger partial charge on any atom is 0.244 e. The van der Waals surface area contributed by atoms with Crippen molar-refractivity contribution in [3.05, 3.63) is 42.2 Å². The molecular weight excluding hydrogens is 254 g/mol. The number of nitrogens with two attached hydrogens (primary N) is 1. The van der Waals surface area contributed by atoms with E-state index in [0.717, 1.165) is 18.4 Å². The van der Waals surface area contributed by atoms with Gasteiger partial charge in [0.05, 0.1) is 0 Å². The number of amides is 1. The summed E-state index contributed by atoms with van der Waals surface area (Å²) < 4.78 is 1.48. The van der Waals surface area contributed by atoms with Crippen LogP contribution in [0, 0.1) is 0 Å². The molecule has 0 unspecified atom stereocenters. The molecule has 3 rings (SSSR count). The van der Waals surface area contributed by atoms with Crippen LogP contribution in [-0.4, -0.2) is 31.6 Å². The quantitative estimate of drug-likeness (QED) is 0.881. The van der Waals surface area contributed by atoms with Gasteiger partial charge in [-0.3, -0.25) is 4.79 Å². The summed E-state index contributed by atoms with van der Waals surface area (Å²) in [6.45, 7) is 0.835. The molecule has 1 aliphatic rings. The highest BCUT2D eigenvalue weighted by Crippen LogP contribution is 2.28. The predicted octanol–water partition coefficient (Wildman–Crippen LogP) is 1.05. The maximum absolute atomic E-state index is 12.4. The molecule has 1 aliphatic carbocycles. The second-order valence-electron chi connectivity index (χ2n) is 5.04. The summed E-state index contributed by atoms with van der Waals surface area (Å²) >= 11 is 0. The first kappa shape index (κ1) is 12.7. The van der Waals surface area contributed by atoms with Gasteiger partial charge in [0.1, 0.15) is 12.9 Å². The normalized spacial score (nSPS) is 14.2. The maximum atomic E-state index is 12.4. The van der Waals surface area contributed by atoms with Crippen LogP contribution in [0.2, 0.25) is 0 Å². The first-order valence-electron chi connectivity index (χ1n) is 6.70. The molecule has 0 atom stereocenters. The Labute approximate surface area is 117 Å². The highest BCUT2D eigenvalue weighted by Gasteiger charge is 2.32. The summed E-state index contributed by atoms with van der Waals surface area (Å²) in [5.74, 6) is 0.250. The van der Waals surface area contributed by atoms with Gasteiger partial charge in [0.15, 0.2) is 0 Å². The molecule has 6 nitrogen and oxygen atoms in total. The third kappa shape index (κ3) is 2.96. The number of nitrogen functional groups attached to an aromatic ring is 1. The number of carbonyl (C=O) groups is 1. The van der Waals surface area contributed by atoms with E-state index in [-0.39, 0.29) is 18.4 Å². The van der Waals surface area contributed by atoms with Gasteiger partial charge in [-0.15, -0.1) is 5.10 Å². The van der Waals surface area contributed by atoms with Crippen molar-refractivity contribution in [2.75, 3.05) is 5.73 Å². The minimum absolute atomic E-state index is 0.0567. The lowest BCUT2D eigenvalue weighted by molar-refractivity contribution is -0.133. The Morgan fingerprint density at radius 2 is 2.10 bits per heavy atom. The van der Waals surface area contributed by atoms with Crippen LogP contribution in [0.15, 0.2) is 36.7 Å². The zero-order valence-electron chi connectivity index (χ0n) is 11.1. The van der Waals surface area contributed by atoms with Gasteiger partial charge in [-0.25, -0.2) is 9.67 Å². The fourth-order valence-electron chi connectivity index (χ4n) is 2.20. The number of rotatable bonds is 5. The van der Waals surface area contributed by atoms with E-state index in [1.807, 2.05) is 35.2 Å². The van der Waals surface area contributed by atoms with Crippen LogP contribution in [0.5, 0.6) is 0 Å². The van der Waals surface area contributed by atoms with Gasteiger partial charge in [0, 0.05) is 12.6 Å². The van der Waals surface area contributed by atoms with E-state index >= 15 is 0 Å². The minimum atomic E-state index is 0.0567. The van der Waals surface area contributed by atoms with Crippen LogP contribution >= 0.6 is 0 Å². The number of aromatic nitrogens is 3. The van der Waals surface area contributed by atoms with Crippen molar-refractivity contribution in [3.8, 4) is 0 Å². The molecule has 0 spiro atoms. The molecule has 1 fully saturated rings. The van der Waals surface area contributed by atoms with Crippen LogP contribution in [0.4, 0.5) is 5.95 Å². The SMILES string of the molecule is Nc1ncn(CC(=O)N(Cc2ccccc2)C2CC2)n1. The Bertz CT molecular complexity index is 591. The highest BCUT2D eigenvalue weighted by atomic mass is 16.2. The van der Waals surface area contributed by atoms with Crippen molar-refractivity contribution in [2.24, 2.45) is 0 Å². The van der Waals surface area contributed by atoms with Gasteiger partial charge >= 0.3 is 0 Å². The summed E-state index contributed by atoms with van der Waals surface area (Å²) in [6, 6.07) is 10.4. The largest absolute Gasteiger partial charge is 0.367 e. The first-order chi connectivity index (χ1) is 9.72. The monoisotopic (exact) mass is 271 g/mol. The van der Waals surface area contributed by atoms with E-state index in [9.17, 15) is 4.79 Å². The van der Waals surface area contributed by atoms with Gasteiger partial charge in [-0.1, -0.05) is 30.3 Å². The average molecular weight is 271 g/mol. The molecule has 2 aromatic rings. The lowest BCUT2D eigenvalue weighted by Gasteiger charge is -2.22. The zero-order chi connectivity index (χ0) is 13.9. The third-order valence-electron chi connectivity index (χ3n) is 3.36. The molecule has 0 aliphatic heterocycles. The second-order valence-corrected chi connectivity index (χ2v) is 5.04. The molecule has 0 saturated heterocycles. The molecule has 1 aromatic carbocycles. The fraction of sp³-hybridized carbons (Fsp3) is 0.357. The number of hydrogen-bond acceptors (Lipinski definition) is 4. The Morgan fingerprint density at radius 3 is 2.70 bits per heavy atom. The number of anilines is 1. The van der Waals surface area contributed by atoms with Crippen molar-refractivity contribution in [1.29, 1.82) is 0 Å². The number of carbonyl (C=O) groups excluding carboxylic acids is 1. The van der Waals surface area contributed by atoms with Gasteiger partial charge < -0.3 is 10.6 Å². The number of nitrogens with zero attached hydrogens (tertiary/aromatic N) is 4. The van der Waals surface area contributed by atoms with E-state index in [0.29, 0.717) is 12.6 Å². The van der Waals surface area contributed by atoms with Crippen LogP contribution in [0.1, 0.15) is 18.4 Å². The van der Waals surface area contributed by atoms with Crippen molar-refractivity contribution >= 4 is 11.9 Å². The minimum Gasteiger partial charge on any atom is -0.367 e. The molecule has 1 saturated carbocycles. The highest BCUT2D eigenvalue weighted by molar-refractivity contribution is 5.76. The van der Waals surface area contributed by atoms with Gasteiger partial charge in [0.25, 0.3) is 0 Å². The smallest absolute Gasteiger partial charge is 0.244 e. The molecule has 1 amide bonds. The lowest BCUT2D eigenvalue weighted by Crippen LogP contribution is -2.35. The molecule has 6 heteroatoms. The molecule has 104 valence electrons. The first-order valence-corrected chi connectivity index (χ1v) is 6.70. The van der Waals surface area contributed by atoms with E-state index in [4.69, 9.17) is 5.73 Å². The fourth-order valence-corrected chi connectivity index (χ4v) is 2.20. The summed E-state index contributed by atoms with van der Waals surface area (Å²) in [5, 5.41) is 3.96. The topological polar surface area (TPSA) is 77.0 Å². The average Bonchev–Trinajstić information content (AvgIpc) is 3.21. The van der Waals surface area contributed by atoms with E-state index in [2.05, 4.69) is 10.1 Å². The van der Waals surface area contributed by atoms with Gasteiger partial charge in [-0.05, 0) is 18.4 Å². The number of hydrogen-bond donors (Lipinski definition) is 1. The summed E-state index contributed by atoms with van der Waals surface area (Å²) in [6.07, 6.45) is 3.65. The molecule has 1 aromatic heterocycles. The Balaban J connectivity index is 1.69. The molecule has 0 radical (unpaired) electrons. The molecule has 0 bridgehead atoms. The molecular formula is C14H17N5O. The van der Waals surface area contributed by atoms with Crippen molar-refractivity contribution in [1.82, 2.24) is 19.7 Å². The molecule has 1 heterocycles. The van der Waals surface area contributed by atoms with Crippen LogP contribution in [0.3, 0.4) is 0 Å². The van der Waals surface area contributed by atoms with Crippen LogP contribution in [-0.2, 0) is 17.9 Å². The van der Waals surface area contributed by atoms with E-state index in [1.165, 1.54) is 11.0 Å². The predicted molar refractivity (Wildman–Crippen MR) is 74.4 cm³/mol. The van der Waals surface area contributed by atoms with Crippen molar-refractivity contribution in [3.63, 3.8) is 0 Å². The Morgan fingerprint density at radius 1 is 1.35 bits per heavy atom.